The Labute approximate surface area is 118 Å². The third kappa shape index (κ3) is 4.01. The maximum absolute atomic E-state index is 12.2. The molecule has 2 N–H and O–H groups in total. The number of amides is 1. The summed E-state index contributed by atoms with van der Waals surface area (Å²) in [5, 5.41) is 0. The third-order valence-corrected chi connectivity index (χ3v) is 3.40. The van der Waals surface area contributed by atoms with Gasteiger partial charge in [0.15, 0.2) is 0 Å². The molecule has 0 atom stereocenters. The number of carbonyl (C=O) groups excluding carboxylic acids is 1. The van der Waals surface area contributed by atoms with Crippen molar-refractivity contribution >= 4 is 23.1 Å². The van der Waals surface area contributed by atoms with Gasteiger partial charge in [0, 0.05) is 25.3 Å². The highest BCUT2D eigenvalue weighted by molar-refractivity contribution is 7.80. The number of ether oxygens (including phenoxy) is 1. The van der Waals surface area contributed by atoms with Gasteiger partial charge in [-0.2, -0.15) is 0 Å². The summed E-state index contributed by atoms with van der Waals surface area (Å²) in [6, 6.07) is 7.52. The van der Waals surface area contributed by atoms with Crippen LogP contribution in [-0.4, -0.2) is 42.1 Å². The van der Waals surface area contributed by atoms with Crippen LogP contribution in [0.5, 0.6) is 0 Å². The van der Waals surface area contributed by atoms with Crippen molar-refractivity contribution in [1.29, 1.82) is 0 Å². The van der Waals surface area contributed by atoms with Crippen molar-refractivity contribution in [3.63, 3.8) is 0 Å². The topological polar surface area (TPSA) is 55.6 Å². The van der Waals surface area contributed by atoms with E-state index in [1.807, 2.05) is 29.2 Å². The first-order chi connectivity index (χ1) is 9.16. The Morgan fingerprint density at radius 3 is 2.68 bits per heavy atom. The van der Waals surface area contributed by atoms with Crippen LogP contribution in [0.15, 0.2) is 24.3 Å². The van der Waals surface area contributed by atoms with Gasteiger partial charge in [-0.1, -0.05) is 36.5 Å². The van der Waals surface area contributed by atoms with E-state index < -0.39 is 0 Å². The summed E-state index contributed by atoms with van der Waals surface area (Å²) in [5.41, 5.74) is 7.35. The van der Waals surface area contributed by atoms with Crippen LogP contribution in [0.25, 0.3) is 0 Å². The molecule has 1 heterocycles. The van der Waals surface area contributed by atoms with Crippen LogP contribution in [-0.2, 0) is 16.0 Å². The Hall–Kier alpha value is -1.46. The summed E-state index contributed by atoms with van der Waals surface area (Å²) in [5.74, 6) is 0.147. The highest BCUT2D eigenvalue weighted by atomic mass is 32.1. The van der Waals surface area contributed by atoms with Gasteiger partial charge < -0.3 is 15.4 Å². The molecule has 0 saturated carbocycles. The van der Waals surface area contributed by atoms with Gasteiger partial charge in [0.1, 0.15) is 4.99 Å². The number of hydrogen-bond acceptors (Lipinski definition) is 3. The number of hydrogen-bond donors (Lipinski definition) is 1. The van der Waals surface area contributed by atoms with Crippen molar-refractivity contribution < 1.29 is 9.53 Å². The predicted molar refractivity (Wildman–Crippen MR) is 78.0 cm³/mol. The molecule has 1 fully saturated rings. The van der Waals surface area contributed by atoms with Crippen LogP contribution in [0, 0.1) is 0 Å². The number of rotatable bonds is 3. The van der Waals surface area contributed by atoms with Gasteiger partial charge in [-0.15, -0.1) is 0 Å². The van der Waals surface area contributed by atoms with Crippen molar-refractivity contribution in [1.82, 2.24) is 4.90 Å². The summed E-state index contributed by atoms with van der Waals surface area (Å²) in [6.07, 6.45) is 1.32. The van der Waals surface area contributed by atoms with Crippen LogP contribution in [0.2, 0.25) is 0 Å². The van der Waals surface area contributed by atoms with Gasteiger partial charge in [0.05, 0.1) is 13.0 Å². The molecule has 0 spiro atoms. The Kier molecular flexibility index (Phi) is 4.87. The Balaban J connectivity index is 1.95. The molecule has 1 aromatic carbocycles. The first kappa shape index (κ1) is 14.0. The smallest absolute Gasteiger partial charge is 0.227 e. The van der Waals surface area contributed by atoms with E-state index in [4.69, 9.17) is 22.7 Å². The molecule has 4 nitrogen and oxygen atoms in total. The van der Waals surface area contributed by atoms with Gasteiger partial charge in [-0.05, 0) is 12.0 Å². The SMILES string of the molecule is NC(=S)c1ccc(CC(=O)N2CCCOCC2)cc1. The summed E-state index contributed by atoms with van der Waals surface area (Å²) >= 11 is 4.90. The lowest BCUT2D eigenvalue weighted by Crippen LogP contribution is -2.34. The minimum Gasteiger partial charge on any atom is -0.389 e. The molecule has 1 saturated heterocycles. The second-order valence-electron chi connectivity index (χ2n) is 4.58. The summed E-state index contributed by atoms with van der Waals surface area (Å²) in [7, 11) is 0. The van der Waals surface area contributed by atoms with Crippen LogP contribution >= 0.6 is 12.2 Å². The molecule has 1 aromatic rings. The molecule has 0 aliphatic carbocycles. The molecule has 0 radical (unpaired) electrons. The van der Waals surface area contributed by atoms with Gasteiger partial charge in [0.25, 0.3) is 0 Å². The highest BCUT2D eigenvalue weighted by Crippen LogP contribution is 2.08. The Morgan fingerprint density at radius 2 is 2.00 bits per heavy atom. The average molecular weight is 278 g/mol. The zero-order chi connectivity index (χ0) is 13.7. The van der Waals surface area contributed by atoms with E-state index in [2.05, 4.69) is 0 Å². The number of nitrogens with two attached hydrogens (primary N) is 1. The number of nitrogens with zero attached hydrogens (tertiary/aromatic N) is 1. The van der Waals surface area contributed by atoms with Crippen molar-refractivity contribution in [2.45, 2.75) is 12.8 Å². The summed E-state index contributed by atoms with van der Waals surface area (Å²) in [4.78, 5) is 14.4. The first-order valence-corrected chi connectivity index (χ1v) is 6.82. The second kappa shape index (κ2) is 6.63. The maximum Gasteiger partial charge on any atom is 0.227 e. The summed E-state index contributed by atoms with van der Waals surface area (Å²) < 4.78 is 5.35. The molecule has 1 aliphatic heterocycles. The van der Waals surface area contributed by atoms with Crippen LogP contribution < -0.4 is 5.73 Å². The fourth-order valence-corrected chi connectivity index (χ4v) is 2.20. The van der Waals surface area contributed by atoms with Crippen LogP contribution in [0.1, 0.15) is 17.5 Å². The second-order valence-corrected chi connectivity index (χ2v) is 5.02. The van der Waals surface area contributed by atoms with Crippen LogP contribution in [0.4, 0.5) is 0 Å². The lowest BCUT2D eigenvalue weighted by Gasteiger charge is -2.19. The molecule has 0 aromatic heterocycles. The normalized spacial score (nSPS) is 15.9. The highest BCUT2D eigenvalue weighted by Gasteiger charge is 2.15. The molecule has 5 heteroatoms. The Bertz CT molecular complexity index is 451. The first-order valence-electron chi connectivity index (χ1n) is 6.41. The lowest BCUT2D eigenvalue weighted by atomic mass is 10.1. The number of thiocarbonyl (C=S) groups is 1. The largest absolute Gasteiger partial charge is 0.389 e. The average Bonchev–Trinajstić information content (AvgIpc) is 2.68. The molecular formula is C14H18N2O2S. The molecule has 0 unspecified atom stereocenters. The Morgan fingerprint density at radius 1 is 1.26 bits per heavy atom. The van der Waals surface area contributed by atoms with E-state index in [-0.39, 0.29) is 5.91 Å². The van der Waals surface area contributed by atoms with E-state index in [9.17, 15) is 4.79 Å². The van der Waals surface area contributed by atoms with Gasteiger partial charge in [-0.25, -0.2) is 0 Å². The van der Waals surface area contributed by atoms with E-state index in [1.54, 1.807) is 0 Å². The maximum atomic E-state index is 12.2. The molecule has 0 bridgehead atoms. The zero-order valence-electron chi connectivity index (χ0n) is 10.8. The number of carbonyl (C=O) groups is 1. The minimum absolute atomic E-state index is 0.147. The molecule has 1 amide bonds. The molecular weight excluding hydrogens is 260 g/mol. The van der Waals surface area contributed by atoms with Crippen molar-refractivity contribution in [3.05, 3.63) is 35.4 Å². The van der Waals surface area contributed by atoms with Gasteiger partial charge in [-0.3, -0.25) is 4.79 Å². The fourth-order valence-electron chi connectivity index (χ4n) is 2.07. The third-order valence-electron chi connectivity index (χ3n) is 3.17. The molecule has 102 valence electrons. The van der Waals surface area contributed by atoms with Gasteiger partial charge in [0.2, 0.25) is 5.91 Å². The van der Waals surface area contributed by atoms with E-state index in [0.717, 1.165) is 30.7 Å². The quantitative estimate of drug-likeness (QED) is 0.842. The monoisotopic (exact) mass is 278 g/mol. The molecule has 1 aliphatic rings. The number of benzene rings is 1. The lowest BCUT2D eigenvalue weighted by molar-refractivity contribution is -0.130. The van der Waals surface area contributed by atoms with Crippen molar-refractivity contribution in [2.24, 2.45) is 5.73 Å². The minimum atomic E-state index is 0.147. The van der Waals surface area contributed by atoms with Crippen molar-refractivity contribution in [3.8, 4) is 0 Å². The van der Waals surface area contributed by atoms with E-state index in [0.29, 0.717) is 24.6 Å². The standard InChI is InChI=1S/C14H18N2O2S/c15-14(19)12-4-2-11(3-5-12)10-13(17)16-6-1-8-18-9-7-16/h2-5H,1,6-10H2,(H2,15,19). The molecule has 2 rings (SSSR count). The predicted octanol–water partition coefficient (Wildman–Crippen LogP) is 1.11. The van der Waals surface area contributed by atoms with Crippen LogP contribution in [0.3, 0.4) is 0 Å². The van der Waals surface area contributed by atoms with Gasteiger partial charge >= 0.3 is 0 Å². The van der Waals surface area contributed by atoms with Crippen molar-refractivity contribution in [2.75, 3.05) is 26.3 Å². The fraction of sp³-hybridized carbons (Fsp3) is 0.429. The van der Waals surface area contributed by atoms with E-state index >= 15 is 0 Å². The molecule has 19 heavy (non-hydrogen) atoms. The zero-order valence-corrected chi connectivity index (χ0v) is 11.6. The summed E-state index contributed by atoms with van der Waals surface area (Å²) in [6.45, 7) is 2.84. The van der Waals surface area contributed by atoms with E-state index in [1.165, 1.54) is 0 Å².